The highest BCUT2D eigenvalue weighted by Gasteiger charge is 2.22. The summed E-state index contributed by atoms with van der Waals surface area (Å²) in [6.07, 6.45) is 0. The number of carbonyl (C=O) groups excluding carboxylic acids is 1. The number of rotatable bonds is 5. The van der Waals surface area contributed by atoms with Crippen LogP contribution in [0.5, 0.6) is 0 Å². The SMILES string of the molecule is COC(=O)c1cccc(S(=O)(=O)N(C)Cc2ccc(C(C)(C)C)cc2)c1. The molecule has 0 spiro atoms. The van der Waals surface area contributed by atoms with Crippen molar-refractivity contribution in [2.75, 3.05) is 14.2 Å². The van der Waals surface area contributed by atoms with Gasteiger partial charge in [0, 0.05) is 13.6 Å². The van der Waals surface area contributed by atoms with Gasteiger partial charge < -0.3 is 4.74 Å². The predicted molar refractivity (Wildman–Crippen MR) is 102 cm³/mol. The summed E-state index contributed by atoms with van der Waals surface area (Å²) in [6.45, 7) is 6.64. The van der Waals surface area contributed by atoms with Crippen LogP contribution in [0.1, 0.15) is 42.3 Å². The van der Waals surface area contributed by atoms with Crippen LogP contribution in [0.4, 0.5) is 0 Å². The summed E-state index contributed by atoms with van der Waals surface area (Å²) in [6, 6.07) is 13.8. The first kappa shape index (κ1) is 20.1. The standard InChI is InChI=1S/C20H25NO4S/c1-20(2,3)17-11-9-15(10-12-17)14-21(4)26(23,24)18-8-6-7-16(13-18)19(22)25-5/h6-13H,14H2,1-5H3. The quantitative estimate of drug-likeness (QED) is 0.749. The summed E-state index contributed by atoms with van der Waals surface area (Å²) in [7, 11) is -0.928. The molecule has 0 aromatic heterocycles. The van der Waals surface area contributed by atoms with Crippen molar-refractivity contribution in [2.24, 2.45) is 0 Å². The lowest BCUT2D eigenvalue weighted by Crippen LogP contribution is -2.26. The van der Waals surface area contributed by atoms with Crippen molar-refractivity contribution in [3.63, 3.8) is 0 Å². The monoisotopic (exact) mass is 375 g/mol. The number of hydrogen-bond acceptors (Lipinski definition) is 4. The molecule has 0 aliphatic rings. The van der Waals surface area contributed by atoms with Crippen LogP contribution in [0.25, 0.3) is 0 Å². The Morgan fingerprint density at radius 3 is 2.23 bits per heavy atom. The summed E-state index contributed by atoms with van der Waals surface area (Å²) >= 11 is 0. The summed E-state index contributed by atoms with van der Waals surface area (Å²) < 4.78 is 31.5. The van der Waals surface area contributed by atoms with Crippen LogP contribution in [-0.4, -0.2) is 32.8 Å². The summed E-state index contributed by atoms with van der Waals surface area (Å²) in [5.74, 6) is -0.567. The Hall–Kier alpha value is -2.18. The van der Waals surface area contributed by atoms with Crippen LogP contribution >= 0.6 is 0 Å². The molecule has 0 aliphatic heterocycles. The van der Waals surface area contributed by atoms with E-state index >= 15 is 0 Å². The minimum atomic E-state index is -3.71. The Bertz CT molecular complexity index is 881. The topological polar surface area (TPSA) is 63.7 Å². The molecule has 0 aliphatic carbocycles. The van der Waals surface area contributed by atoms with Gasteiger partial charge in [0.2, 0.25) is 10.0 Å². The number of benzene rings is 2. The number of hydrogen-bond donors (Lipinski definition) is 0. The molecule has 140 valence electrons. The number of sulfonamides is 1. The molecule has 0 atom stereocenters. The minimum absolute atomic E-state index is 0.0465. The van der Waals surface area contributed by atoms with Crippen LogP contribution in [0.3, 0.4) is 0 Å². The first-order valence-corrected chi connectivity index (χ1v) is 9.74. The van der Waals surface area contributed by atoms with Crippen LogP contribution in [0, 0.1) is 0 Å². The Kier molecular flexibility index (Phi) is 5.88. The Balaban J connectivity index is 2.23. The van der Waals surface area contributed by atoms with Gasteiger partial charge in [0.25, 0.3) is 0 Å². The average Bonchev–Trinajstić information content (AvgIpc) is 2.60. The molecule has 0 unspecified atom stereocenters. The number of carbonyl (C=O) groups is 1. The van der Waals surface area contributed by atoms with Crippen molar-refractivity contribution in [3.8, 4) is 0 Å². The van der Waals surface area contributed by atoms with E-state index in [4.69, 9.17) is 0 Å². The largest absolute Gasteiger partial charge is 0.465 e. The van der Waals surface area contributed by atoms with Crippen LogP contribution in [0.2, 0.25) is 0 Å². The molecule has 0 N–H and O–H groups in total. The zero-order valence-electron chi connectivity index (χ0n) is 15.8. The fraction of sp³-hybridized carbons (Fsp3) is 0.350. The smallest absolute Gasteiger partial charge is 0.337 e. The van der Waals surface area contributed by atoms with Gasteiger partial charge in [-0.2, -0.15) is 4.31 Å². The van der Waals surface area contributed by atoms with E-state index in [0.717, 1.165) is 5.56 Å². The van der Waals surface area contributed by atoms with E-state index in [-0.39, 0.29) is 22.4 Å². The van der Waals surface area contributed by atoms with Gasteiger partial charge in [0.05, 0.1) is 17.6 Å². The molecule has 2 aromatic rings. The summed E-state index contributed by atoms with van der Waals surface area (Å²) in [5, 5.41) is 0. The summed E-state index contributed by atoms with van der Waals surface area (Å²) in [4.78, 5) is 11.7. The van der Waals surface area contributed by atoms with Crippen molar-refractivity contribution in [1.82, 2.24) is 4.31 Å². The van der Waals surface area contributed by atoms with Gasteiger partial charge in [-0.05, 0) is 34.7 Å². The van der Waals surface area contributed by atoms with E-state index < -0.39 is 16.0 Å². The third-order valence-corrected chi connectivity index (χ3v) is 5.99. The third kappa shape index (κ3) is 4.51. The van der Waals surface area contributed by atoms with Crippen LogP contribution in [0.15, 0.2) is 53.4 Å². The molecule has 0 fully saturated rings. The normalized spacial score (nSPS) is 12.2. The first-order valence-electron chi connectivity index (χ1n) is 8.30. The third-order valence-electron chi connectivity index (χ3n) is 4.19. The average molecular weight is 375 g/mol. The number of ether oxygens (including phenoxy) is 1. The van der Waals surface area contributed by atoms with Crippen molar-refractivity contribution in [1.29, 1.82) is 0 Å². The van der Waals surface area contributed by atoms with Crippen molar-refractivity contribution >= 4 is 16.0 Å². The maximum absolute atomic E-state index is 12.8. The molecule has 26 heavy (non-hydrogen) atoms. The minimum Gasteiger partial charge on any atom is -0.465 e. The van der Waals surface area contributed by atoms with E-state index in [9.17, 15) is 13.2 Å². The van der Waals surface area contributed by atoms with E-state index in [0.29, 0.717) is 0 Å². The van der Waals surface area contributed by atoms with Crippen molar-refractivity contribution < 1.29 is 17.9 Å². The molecule has 0 radical (unpaired) electrons. The summed E-state index contributed by atoms with van der Waals surface area (Å²) in [5.41, 5.74) is 2.34. The highest BCUT2D eigenvalue weighted by molar-refractivity contribution is 7.89. The van der Waals surface area contributed by atoms with E-state index in [1.165, 1.54) is 48.3 Å². The lowest BCUT2D eigenvalue weighted by atomic mass is 9.87. The van der Waals surface area contributed by atoms with Crippen molar-refractivity contribution in [3.05, 3.63) is 65.2 Å². The molecule has 2 aromatic carbocycles. The van der Waals surface area contributed by atoms with Gasteiger partial charge in [-0.3, -0.25) is 0 Å². The van der Waals surface area contributed by atoms with E-state index in [2.05, 4.69) is 25.5 Å². The highest BCUT2D eigenvalue weighted by atomic mass is 32.2. The van der Waals surface area contributed by atoms with E-state index in [1.54, 1.807) is 0 Å². The maximum Gasteiger partial charge on any atom is 0.337 e. The second-order valence-electron chi connectivity index (χ2n) is 7.23. The molecule has 5 nitrogen and oxygen atoms in total. The molecule has 2 rings (SSSR count). The predicted octanol–water partition coefficient (Wildman–Crippen LogP) is 3.59. The fourth-order valence-corrected chi connectivity index (χ4v) is 3.74. The molecule has 0 saturated heterocycles. The molecule has 0 heterocycles. The van der Waals surface area contributed by atoms with Gasteiger partial charge in [0.1, 0.15) is 0 Å². The lowest BCUT2D eigenvalue weighted by molar-refractivity contribution is 0.0600. The molecule has 0 bridgehead atoms. The Labute approximate surface area is 155 Å². The molecular formula is C20H25NO4S. The zero-order chi connectivity index (χ0) is 19.5. The fourth-order valence-electron chi connectivity index (χ4n) is 2.53. The van der Waals surface area contributed by atoms with Crippen LogP contribution < -0.4 is 0 Å². The maximum atomic E-state index is 12.8. The van der Waals surface area contributed by atoms with Crippen molar-refractivity contribution in [2.45, 2.75) is 37.6 Å². The highest BCUT2D eigenvalue weighted by Crippen LogP contribution is 2.23. The first-order chi connectivity index (χ1) is 12.1. The number of esters is 1. The van der Waals surface area contributed by atoms with Gasteiger partial charge in [-0.25, -0.2) is 13.2 Å². The Morgan fingerprint density at radius 1 is 1.08 bits per heavy atom. The zero-order valence-corrected chi connectivity index (χ0v) is 16.6. The molecule has 0 saturated carbocycles. The van der Waals surface area contributed by atoms with Crippen LogP contribution in [-0.2, 0) is 26.7 Å². The lowest BCUT2D eigenvalue weighted by Gasteiger charge is -2.21. The van der Waals surface area contributed by atoms with Gasteiger partial charge >= 0.3 is 5.97 Å². The molecule has 0 amide bonds. The van der Waals surface area contributed by atoms with E-state index in [1.807, 2.05) is 24.3 Å². The molecule has 6 heteroatoms. The molecular weight excluding hydrogens is 350 g/mol. The van der Waals surface area contributed by atoms with Gasteiger partial charge in [-0.15, -0.1) is 0 Å². The van der Waals surface area contributed by atoms with Gasteiger partial charge in [0.15, 0.2) is 0 Å². The van der Waals surface area contributed by atoms with Gasteiger partial charge in [-0.1, -0.05) is 51.1 Å². The second kappa shape index (κ2) is 7.60. The number of methoxy groups -OCH3 is 1. The number of nitrogens with zero attached hydrogens (tertiary/aromatic N) is 1. The second-order valence-corrected chi connectivity index (χ2v) is 9.27. The Morgan fingerprint density at radius 2 is 1.69 bits per heavy atom.